The molecule has 0 saturated heterocycles. The van der Waals surface area contributed by atoms with Crippen LogP contribution in [0.4, 0.5) is 0 Å². The quantitative estimate of drug-likeness (QED) is 0.526. The van der Waals surface area contributed by atoms with Gasteiger partial charge in [0.05, 0.1) is 26.4 Å². The summed E-state index contributed by atoms with van der Waals surface area (Å²) in [4.78, 5) is 14.3. The first-order valence-electron chi connectivity index (χ1n) is 6.58. The lowest BCUT2D eigenvalue weighted by Crippen LogP contribution is -2.27. The summed E-state index contributed by atoms with van der Waals surface area (Å²) < 4.78 is 6.93. The van der Waals surface area contributed by atoms with Crippen LogP contribution in [0, 0.1) is 0 Å². The number of nitrogens with one attached hydrogen (secondary N) is 1. The Hall–Kier alpha value is -1.40. The fourth-order valence-electron chi connectivity index (χ4n) is 1.73. The molecule has 0 aliphatic rings. The van der Waals surface area contributed by atoms with Crippen molar-refractivity contribution >= 4 is 5.78 Å². The van der Waals surface area contributed by atoms with Gasteiger partial charge in [0.15, 0.2) is 11.5 Å². The molecule has 0 aliphatic carbocycles. The molecular formula is C13H24N4O2. The van der Waals surface area contributed by atoms with Gasteiger partial charge in [-0.2, -0.15) is 5.10 Å². The minimum Gasteiger partial charge on any atom is -0.493 e. The fraction of sp³-hybridized carbons (Fsp3) is 0.692. The maximum atomic E-state index is 12.2. The second-order valence-electron chi connectivity index (χ2n) is 4.69. The van der Waals surface area contributed by atoms with E-state index < -0.39 is 0 Å². The summed E-state index contributed by atoms with van der Waals surface area (Å²) in [6, 6.07) is 0. The molecule has 108 valence electrons. The number of ketones is 1. The normalized spacial score (nSPS) is 11.0. The van der Waals surface area contributed by atoms with Crippen LogP contribution in [-0.4, -0.2) is 61.3 Å². The molecule has 6 nitrogen and oxygen atoms in total. The average molecular weight is 268 g/mol. The highest BCUT2D eigenvalue weighted by atomic mass is 16.5. The molecule has 0 bridgehead atoms. The first-order chi connectivity index (χ1) is 9.10. The molecule has 0 atom stereocenters. The van der Waals surface area contributed by atoms with Gasteiger partial charge in [-0.25, -0.2) is 0 Å². The predicted molar refractivity (Wildman–Crippen MR) is 74.8 cm³/mol. The van der Waals surface area contributed by atoms with Crippen molar-refractivity contribution in [3.05, 3.63) is 11.9 Å². The molecule has 1 aromatic rings. The van der Waals surface area contributed by atoms with Crippen molar-refractivity contribution in [1.82, 2.24) is 20.0 Å². The van der Waals surface area contributed by atoms with Gasteiger partial charge < -0.3 is 15.0 Å². The largest absolute Gasteiger partial charge is 0.493 e. The van der Waals surface area contributed by atoms with Crippen molar-refractivity contribution in [2.24, 2.45) is 0 Å². The lowest BCUT2D eigenvalue weighted by molar-refractivity contribution is 0.0977. The monoisotopic (exact) mass is 268 g/mol. The smallest absolute Gasteiger partial charge is 0.198 e. The molecule has 0 aromatic carbocycles. The van der Waals surface area contributed by atoms with Crippen LogP contribution in [-0.2, 0) is 6.54 Å². The van der Waals surface area contributed by atoms with Gasteiger partial charge in [0.1, 0.15) is 5.69 Å². The summed E-state index contributed by atoms with van der Waals surface area (Å²) in [6.45, 7) is 4.72. The minimum absolute atomic E-state index is 0.0153. The minimum atomic E-state index is 0.0153. The van der Waals surface area contributed by atoms with E-state index >= 15 is 0 Å². The lowest BCUT2D eigenvalue weighted by atomic mass is 10.2. The Kier molecular flexibility index (Phi) is 6.52. The standard InChI is InChI=1S/C13H24N4O2/c1-5-6-14-9-11(18)13-12(19-4)10-15-17(13)8-7-16(2)3/h10,14H,5-9H2,1-4H3. The number of Topliss-reactive ketones (excluding diaryl/α,β-unsaturated/α-hetero) is 1. The van der Waals surface area contributed by atoms with Gasteiger partial charge in [-0.15, -0.1) is 0 Å². The summed E-state index contributed by atoms with van der Waals surface area (Å²) in [7, 11) is 5.54. The maximum absolute atomic E-state index is 12.2. The number of likely N-dealkylation sites (N-methyl/N-ethyl adjacent to an activating group) is 1. The summed E-state index contributed by atoms with van der Waals surface area (Å²) in [6.07, 6.45) is 2.60. The van der Waals surface area contributed by atoms with Gasteiger partial charge in [0.25, 0.3) is 0 Å². The summed E-state index contributed by atoms with van der Waals surface area (Å²) in [5, 5.41) is 7.33. The number of ether oxygens (including phenoxy) is 1. The van der Waals surface area contributed by atoms with Crippen molar-refractivity contribution in [3.8, 4) is 5.75 Å². The van der Waals surface area contributed by atoms with Crippen LogP contribution < -0.4 is 10.1 Å². The summed E-state index contributed by atoms with van der Waals surface area (Å²) in [5.74, 6) is 0.559. The zero-order valence-corrected chi connectivity index (χ0v) is 12.3. The molecule has 0 radical (unpaired) electrons. The molecule has 0 spiro atoms. The first-order valence-corrected chi connectivity index (χ1v) is 6.58. The van der Waals surface area contributed by atoms with E-state index in [1.165, 1.54) is 0 Å². The van der Waals surface area contributed by atoms with Crippen molar-refractivity contribution in [1.29, 1.82) is 0 Å². The average Bonchev–Trinajstić information content (AvgIpc) is 2.79. The molecule has 0 aliphatic heterocycles. The molecule has 6 heteroatoms. The highest BCUT2D eigenvalue weighted by Gasteiger charge is 2.18. The Balaban J connectivity index is 2.77. The van der Waals surface area contributed by atoms with Gasteiger partial charge >= 0.3 is 0 Å². The van der Waals surface area contributed by atoms with Crippen LogP contribution in [0.3, 0.4) is 0 Å². The van der Waals surface area contributed by atoms with E-state index in [4.69, 9.17) is 4.74 Å². The third-order valence-electron chi connectivity index (χ3n) is 2.76. The number of aromatic nitrogens is 2. The van der Waals surface area contributed by atoms with E-state index in [1.807, 2.05) is 14.1 Å². The van der Waals surface area contributed by atoms with Gasteiger partial charge in [0, 0.05) is 6.54 Å². The SMILES string of the molecule is CCCNCC(=O)c1c(OC)cnn1CCN(C)C. The first kappa shape index (κ1) is 15.7. The number of hydrogen-bond acceptors (Lipinski definition) is 5. The summed E-state index contributed by atoms with van der Waals surface area (Å²) >= 11 is 0. The Morgan fingerprint density at radius 1 is 1.53 bits per heavy atom. The molecule has 0 saturated carbocycles. The van der Waals surface area contributed by atoms with Crippen molar-refractivity contribution in [3.63, 3.8) is 0 Å². The molecular weight excluding hydrogens is 244 g/mol. The number of hydrogen-bond donors (Lipinski definition) is 1. The molecule has 1 heterocycles. The Morgan fingerprint density at radius 2 is 2.26 bits per heavy atom. The third kappa shape index (κ3) is 4.65. The van der Waals surface area contributed by atoms with E-state index in [0.29, 0.717) is 24.5 Å². The number of carbonyl (C=O) groups excluding carboxylic acids is 1. The highest BCUT2D eigenvalue weighted by molar-refractivity contribution is 5.98. The zero-order valence-electron chi connectivity index (χ0n) is 12.3. The summed E-state index contributed by atoms with van der Waals surface area (Å²) in [5.41, 5.74) is 0.549. The lowest BCUT2D eigenvalue weighted by Gasteiger charge is -2.12. The molecule has 1 aromatic heterocycles. The van der Waals surface area contributed by atoms with Crippen LogP contribution in [0.15, 0.2) is 6.20 Å². The Labute approximate surface area is 114 Å². The van der Waals surface area contributed by atoms with Crippen molar-refractivity contribution < 1.29 is 9.53 Å². The second-order valence-corrected chi connectivity index (χ2v) is 4.69. The molecule has 19 heavy (non-hydrogen) atoms. The van der Waals surface area contributed by atoms with Crippen LogP contribution in [0.5, 0.6) is 5.75 Å². The van der Waals surface area contributed by atoms with E-state index in [2.05, 4.69) is 22.2 Å². The maximum Gasteiger partial charge on any atom is 0.198 e. The number of methoxy groups -OCH3 is 1. The third-order valence-corrected chi connectivity index (χ3v) is 2.76. The molecule has 0 amide bonds. The number of nitrogens with zero attached hydrogens (tertiary/aromatic N) is 3. The van der Waals surface area contributed by atoms with Gasteiger partial charge in [0.2, 0.25) is 0 Å². The zero-order chi connectivity index (χ0) is 14.3. The van der Waals surface area contributed by atoms with E-state index in [-0.39, 0.29) is 5.78 Å². The van der Waals surface area contributed by atoms with Gasteiger partial charge in [-0.3, -0.25) is 9.48 Å². The predicted octanol–water partition coefficient (Wildman–Crippen LogP) is 0.636. The topological polar surface area (TPSA) is 59.4 Å². The number of rotatable bonds is 9. The molecule has 1 N–H and O–H groups in total. The van der Waals surface area contributed by atoms with E-state index in [0.717, 1.165) is 19.5 Å². The van der Waals surface area contributed by atoms with Gasteiger partial charge in [-0.05, 0) is 27.1 Å². The van der Waals surface area contributed by atoms with Crippen molar-refractivity contribution in [2.75, 3.05) is 40.8 Å². The molecule has 0 unspecified atom stereocenters. The van der Waals surface area contributed by atoms with Gasteiger partial charge in [-0.1, -0.05) is 6.92 Å². The van der Waals surface area contributed by atoms with Crippen LogP contribution in [0.2, 0.25) is 0 Å². The van der Waals surface area contributed by atoms with Crippen LogP contribution >= 0.6 is 0 Å². The second kappa shape index (κ2) is 7.91. The van der Waals surface area contributed by atoms with E-state index in [9.17, 15) is 4.79 Å². The molecule has 1 rings (SSSR count). The Bertz CT molecular complexity index is 401. The fourth-order valence-corrected chi connectivity index (χ4v) is 1.73. The number of carbonyl (C=O) groups is 1. The van der Waals surface area contributed by atoms with Crippen molar-refractivity contribution in [2.45, 2.75) is 19.9 Å². The van der Waals surface area contributed by atoms with E-state index in [1.54, 1.807) is 18.0 Å². The highest BCUT2D eigenvalue weighted by Crippen LogP contribution is 2.17. The van der Waals surface area contributed by atoms with Crippen LogP contribution in [0.25, 0.3) is 0 Å². The Morgan fingerprint density at radius 3 is 2.84 bits per heavy atom. The van der Waals surface area contributed by atoms with Crippen LogP contribution in [0.1, 0.15) is 23.8 Å². The molecule has 0 fully saturated rings.